The second kappa shape index (κ2) is 7.89. The number of carbonyl (C=O) groups is 1. The molecule has 0 unspecified atom stereocenters. The molecular formula is C17H19N5O3S2. The molecule has 0 atom stereocenters. The predicted molar refractivity (Wildman–Crippen MR) is 104 cm³/mol. The molecular weight excluding hydrogens is 386 g/mol. The summed E-state index contributed by atoms with van der Waals surface area (Å²) >= 11 is 1.20. The van der Waals surface area contributed by atoms with Gasteiger partial charge < -0.3 is 5.32 Å². The van der Waals surface area contributed by atoms with E-state index >= 15 is 0 Å². The van der Waals surface area contributed by atoms with E-state index in [0.717, 1.165) is 11.4 Å². The summed E-state index contributed by atoms with van der Waals surface area (Å²) in [5, 5.41) is 9.06. The molecule has 1 amide bonds. The van der Waals surface area contributed by atoms with Crippen LogP contribution in [0.2, 0.25) is 0 Å². The fourth-order valence-corrected chi connectivity index (χ4v) is 4.29. The van der Waals surface area contributed by atoms with Crippen LogP contribution in [0.5, 0.6) is 0 Å². The van der Waals surface area contributed by atoms with E-state index in [0.29, 0.717) is 17.4 Å². The predicted octanol–water partition coefficient (Wildman–Crippen LogP) is 2.79. The number of nitrogens with zero attached hydrogens (tertiary/aromatic N) is 3. The summed E-state index contributed by atoms with van der Waals surface area (Å²) in [6, 6.07) is 7.94. The maximum Gasteiger partial charge on any atom is 0.263 e. The first-order valence-electron chi connectivity index (χ1n) is 8.17. The van der Waals surface area contributed by atoms with Crippen molar-refractivity contribution in [2.45, 2.75) is 31.7 Å². The second-order valence-electron chi connectivity index (χ2n) is 5.92. The van der Waals surface area contributed by atoms with Crippen LogP contribution >= 0.6 is 11.3 Å². The molecule has 27 heavy (non-hydrogen) atoms. The number of amides is 1. The first-order chi connectivity index (χ1) is 12.8. The van der Waals surface area contributed by atoms with E-state index in [4.69, 9.17) is 0 Å². The number of hydrogen-bond donors (Lipinski definition) is 2. The van der Waals surface area contributed by atoms with Crippen molar-refractivity contribution in [3.63, 3.8) is 0 Å². The van der Waals surface area contributed by atoms with Gasteiger partial charge in [0.05, 0.1) is 10.6 Å². The zero-order valence-corrected chi connectivity index (χ0v) is 16.5. The molecule has 0 radical (unpaired) electrons. The Morgan fingerprint density at radius 3 is 2.56 bits per heavy atom. The van der Waals surface area contributed by atoms with Gasteiger partial charge in [0.15, 0.2) is 5.13 Å². The number of hydrogen-bond acceptors (Lipinski definition) is 6. The Morgan fingerprint density at radius 2 is 1.96 bits per heavy atom. The van der Waals surface area contributed by atoms with Gasteiger partial charge in [0, 0.05) is 35.9 Å². The van der Waals surface area contributed by atoms with Crippen molar-refractivity contribution in [3.8, 4) is 0 Å². The van der Waals surface area contributed by atoms with Crippen molar-refractivity contribution >= 4 is 38.1 Å². The Morgan fingerprint density at radius 1 is 1.22 bits per heavy atom. The Kier molecular flexibility index (Phi) is 5.57. The zero-order chi connectivity index (χ0) is 19.4. The van der Waals surface area contributed by atoms with Gasteiger partial charge in [-0.1, -0.05) is 0 Å². The number of thiazole rings is 1. The van der Waals surface area contributed by atoms with Crippen LogP contribution in [0.25, 0.3) is 0 Å². The van der Waals surface area contributed by atoms with Crippen LogP contribution in [0.15, 0.2) is 46.8 Å². The lowest BCUT2D eigenvalue weighted by molar-refractivity contribution is -0.116. The van der Waals surface area contributed by atoms with Crippen molar-refractivity contribution in [1.29, 1.82) is 0 Å². The summed E-state index contributed by atoms with van der Waals surface area (Å²) in [5.41, 5.74) is 2.44. The van der Waals surface area contributed by atoms with E-state index in [9.17, 15) is 13.2 Å². The second-order valence-corrected chi connectivity index (χ2v) is 8.49. The Hall–Kier alpha value is -2.72. The molecule has 0 saturated carbocycles. The first-order valence-corrected chi connectivity index (χ1v) is 10.5. The van der Waals surface area contributed by atoms with Gasteiger partial charge in [-0.2, -0.15) is 5.10 Å². The van der Waals surface area contributed by atoms with Gasteiger partial charge in [0.2, 0.25) is 5.91 Å². The average molecular weight is 406 g/mol. The van der Waals surface area contributed by atoms with E-state index in [1.54, 1.807) is 22.2 Å². The molecule has 0 spiro atoms. The monoisotopic (exact) mass is 405 g/mol. The third-order valence-corrected chi connectivity index (χ3v) is 5.93. The molecule has 8 nitrogen and oxygen atoms in total. The molecule has 3 rings (SSSR count). The highest BCUT2D eigenvalue weighted by Gasteiger charge is 2.15. The van der Waals surface area contributed by atoms with Crippen LogP contribution in [0, 0.1) is 13.8 Å². The lowest BCUT2D eigenvalue weighted by Crippen LogP contribution is -2.16. The van der Waals surface area contributed by atoms with E-state index in [2.05, 4.69) is 20.1 Å². The van der Waals surface area contributed by atoms with Crippen LogP contribution in [0.1, 0.15) is 17.8 Å². The Bertz CT molecular complexity index is 1030. The normalized spacial score (nSPS) is 11.3. The van der Waals surface area contributed by atoms with Crippen LogP contribution in [0.4, 0.5) is 10.8 Å². The third-order valence-electron chi connectivity index (χ3n) is 3.76. The van der Waals surface area contributed by atoms with Crippen LogP contribution in [-0.2, 0) is 21.4 Å². The molecule has 0 aliphatic rings. The summed E-state index contributed by atoms with van der Waals surface area (Å²) in [7, 11) is -3.70. The molecule has 0 bridgehead atoms. The standard InChI is InChI=1S/C17H19N5O3S2/c1-12-11-13(2)22(20-12)9-7-16(23)19-14-3-5-15(6-4-14)27(24,25)21-17-18-8-10-26-17/h3-6,8,10-11H,7,9H2,1-2H3,(H,18,21)(H,19,23). The quantitative estimate of drug-likeness (QED) is 0.629. The highest BCUT2D eigenvalue weighted by Crippen LogP contribution is 2.19. The number of rotatable bonds is 7. The average Bonchev–Trinajstić information content (AvgIpc) is 3.22. The van der Waals surface area contributed by atoms with Gasteiger partial charge >= 0.3 is 0 Å². The number of aromatic nitrogens is 3. The lowest BCUT2D eigenvalue weighted by atomic mass is 10.3. The minimum Gasteiger partial charge on any atom is -0.326 e. The minimum atomic E-state index is -3.70. The summed E-state index contributed by atoms with van der Waals surface area (Å²) in [6.07, 6.45) is 1.79. The van der Waals surface area contributed by atoms with Crippen molar-refractivity contribution in [1.82, 2.24) is 14.8 Å². The van der Waals surface area contributed by atoms with Crippen molar-refractivity contribution < 1.29 is 13.2 Å². The number of aryl methyl sites for hydroxylation is 3. The topological polar surface area (TPSA) is 106 Å². The molecule has 1 aromatic carbocycles. The molecule has 0 saturated heterocycles. The minimum absolute atomic E-state index is 0.0957. The van der Waals surface area contributed by atoms with Gasteiger partial charge in [-0.3, -0.25) is 14.2 Å². The number of sulfonamides is 1. The smallest absolute Gasteiger partial charge is 0.263 e. The molecule has 0 fully saturated rings. The third kappa shape index (κ3) is 4.92. The molecule has 0 aliphatic carbocycles. The van der Waals surface area contributed by atoms with Crippen LogP contribution in [0.3, 0.4) is 0 Å². The number of nitrogens with one attached hydrogen (secondary N) is 2. The van der Waals surface area contributed by atoms with Crippen LogP contribution in [-0.4, -0.2) is 29.1 Å². The van der Waals surface area contributed by atoms with Gasteiger partial charge in [-0.05, 0) is 44.2 Å². The molecule has 10 heteroatoms. The van der Waals surface area contributed by atoms with Gasteiger partial charge in [-0.25, -0.2) is 13.4 Å². The number of anilines is 2. The highest BCUT2D eigenvalue weighted by molar-refractivity contribution is 7.93. The first kappa shape index (κ1) is 19.1. The van der Waals surface area contributed by atoms with Crippen molar-refractivity contribution in [2.24, 2.45) is 0 Å². The summed E-state index contributed by atoms with van der Waals surface area (Å²) in [5.74, 6) is -0.168. The number of benzene rings is 1. The van der Waals surface area contributed by atoms with Crippen molar-refractivity contribution in [3.05, 3.63) is 53.3 Å². The molecule has 142 valence electrons. The fraction of sp³-hybridized carbons (Fsp3) is 0.235. The zero-order valence-electron chi connectivity index (χ0n) is 14.8. The molecule has 2 aromatic heterocycles. The van der Waals surface area contributed by atoms with E-state index in [-0.39, 0.29) is 17.2 Å². The summed E-state index contributed by atoms with van der Waals surface area (Å²) in [4.78, 5) is 16.1. The lowest BCUT2D eigenvalue weighted by Gasteiger charge is -2.08. The molecule has 3 aromatic rings. The van der Waals surface area contributed by atoms with Crippen molar-refractivity contribution in [2.75, 3.05) is 10.0 Å². The van der Waals surface area contributed by atoms with E-state index < -0.39 is 10.0 Å². The van der Waals surface area contributed by atoms with Gasteiger partial charge in [-0.15, -0.1) is 11.3 Å². The Labute approximate surface area is 161 Å². The largest absolute Gasteiger partial charge is 0.326 e. The van der Waals surface area contributed by atoms with Gasteiger partial charge in [0.25, 0.3) is 10.0 Å². The maximum absolute atomic E-state index is 12.3. The highest BCUT2D eigenvalue weighted by atomic mass is 32.2. The van der Waals surface area contributed by atoms with Gasteiger partial charge in [0.1, 0.15) is 0 Å². The SMILES string of the molecule is Cc1cc(C)n(CCC(=O)Nc2ccc(S(=O)(=O)Nc3nccs3)cc2)n1. The molecule has 0 aliphatic heterocycles. The number of carbonyl (C=O) groups excluding carboxylic acids is 1. The molecule has 2 N–H and O–H groups in total. The van der Waals surface area contributed by atoms with E-state index in [1.807, 2.05) is 19.9 Å². The maximum atomic E-state index is 12.3. The fourth-order valence-electron chi connectivity index (χ4n) is 2.50. The summed E-state index contributed by atoms with van der Waals surface area (Å²) in [6.45, 7) is 4.33. The van der Waals surface area contributed by atoms with Crippen LogP contribution < -0.4 is 10.0 Å². The molecule has 2 heterocycles. The Balaban J connectivity index is 1.58. The van der Waals surface area contributed by atoms with E-state index in [1.165, 1.54) is 29.7 Å². The summed E-state index contributed by atoms with van der Waals surface area (Å²) < 4.78 is 28.8.